The molecule has 1 aromatic carbocycles. The number of hydrogen-bond donors (Lipinski definition) is 1. The maximum atomic E-state index is 13.5. The lowest BCUT2D eigenvalue weighted by atomic mass is 10.2. The number of nitrogens with one attached hydrogen (secondary N) is 1. The molecule has 0 saturated heterocycles. The van der Waals surface area contributed by atoms with Crippen molar-refractivity contribution < 1.29 is 9.13 Å². The number of pyridine rings is 1. The summed E-state index contributed by atoms with van der Waals surface area (Å²) >= 11 is 3.12. The van der Waals surface area contributed by atoms with Gasteiger partial charge < -0.3 is 10.1 Å². The van der Waals surface area contributed by atoms with Gasteiger partial charge in [-0.1, -0.05) is 0 Å². The summed E-state index contributed by atoms with van der Waals surface area (Å²) in [5.41, 5.74) is 2.07. The van der Waals surface area contributed by atoms with Gasteiger partial charge in [0.15, 0.2) is 0 Å². The summed E-state index contributed by atoms with van der Waals surface area (Å²) in [5.74, 6) is 0.595. The summed E-state index contributed by atoms with van der Waals surface area (Å²) < 4.78 is 19.5. The first-order chi connectivity index (χ1) is 10.1. The Kier molecular flexibility index (Phi) is 4.22. The Bertz CT molecular complexity index is 659. The lowest BCUT2D eigenvalue weighted by Gasteiger charge is -2.10. The molecule has 1 N–H and O–H groups in total. The number of benzene rings is 1. The van der Waals surface area contributed by atoms with E-state index in [2.05, 4.69) is 26.2 Å². The number of ether oxygens (including phenoxy) is 1. The van der Waals surface area contributed by atoms with Crippen molar-refractivity contribution in [2.24, 2.45) is 0 Å². The van der Waals surface area contributed by atoms with E-state index in [9.17, 15) is 4.39 Å². The predicted octanol–water partition coefficient (Wildman–Crippen LogP) is 4.34. The molecule has 0 aliphatic heterocycles. The molecule has 1 aliphatic rings. The topological polar surface area (TPSA) is 34.2 Å². The van der Waals surface area contributed by atoms with E-state index in [0.717, 1.165) is 17.7 Å². The van der Waals surface area contributed by atoms with Crippen LogP contribution < -0.4 is 10.1 Å². The van der Waals surface area contributed by atoms with Crippen molar-refractivity contribution in [3.05, 3.63) is 51.9 Å². The number of rotatable bonds is 5. The van der Waals surface area contributed by atoms with Crippen molar-refractivity contribution in [1.82, 2.24) is 10.3 Å². The third-order valence-corrected chi connectivity index (χ3v) is 4.01. The highest BCUT2D eigenvalue weighted by molar-refractivity contribution is 9.10. The first-order valence-electron chi connectivity index (χ1n) is 6.93. The molecule has 0 unspecified atom stereocenters. The summed E-state index contributed by atoms with van der Waals surface area (Å²) in [6.07, 6.45) is 4.33. The monoisotopic (exact) mass is 350 g/mol. The van der Waals surface area contributed by atoms with Gasteiger partial charge in [-0.05, 0) is 59.5 Å². The number of nitrogens with zero attached hydrogens (tertiary/aromatic N) is 1. The standard InChI is InChI=1S/C16H16BrFN2O/c1-10-6-11(8-19-12-2-3-12)9-20-16(10)21-13-4-5-14(17)15(18)7-13/h4-7,9,12,19H,2-3,8H2,1H3. The normalized spacial score (nSPS) is 14.2. The minimum absolute atomic E-state index is 0.351. The summed E-state index contributed by atoms with van der Waals surface area (Å²) in [6, 6.07) is 7.39. The molecule has 3 nitrogen and oxygen atoms in total. The van der Waals surface area contributed by atoms with Crippen LogP contribution >= 0.6 is 15.9 Å². The first-order valence-corrected chi connectivity index (χ1v) is 7.73. The van der Waals surface area contributed by atoms with Crippen LogP contribution in [0.5, 0.6) is 11.6 Å². The van der Waals surface area contributed by atoms with E-state index in [1.165, 1.54) is 18.9 Å². The Morgan fingerprint density at radius 1 is 1.38 bits per heavy atom. The Hall–Kier alpha value is -1.46. The Morgan fingerprint density at radius 2 is 2.19 bits per heavy atom. The van der Waals surface area contributed by atoms with Crippen LogP contribution in [-0.4, -0.2) is 11.0 Å². The van der Waals surface area contributed by atoms with E-state index in [4.69, 9.17) is 4.74 Å². The Morgan fingerprint density at radius 3 is 2.86 bits per heavy atom. The van der Waals surface area contributed by atoms with Crippen LogP contribution in [0.25, 0.3) is 0 Å². The fourth-order valence-corrected chi connectivity index (χ4v) is 2.27. The number of halogens is 2. The Balaban J connectivity index is 1.70. The van der Waals surface area contributed by atoms with Crippen molar-refractivity contribution in [3.8, 4) is 11.6 Å². The molecule has 0 atom stereocenters. The van der Waals surface area contributed by atoms with Crippen LogP contribution in [0.15, 0.2) is 34.9 Å². The van der Waals surface area contributed by atoms with Gasteiger partial charge in [0.1, 0.15) is 11.6 Å². The summed E-state index contributed by atoms with van der Waals surface area (Å²) in [5, 5.41) is 3.45. The fourth-order valence-electron chi connectivity index (χ4n) is 2.03. The van der Waals surface area contributed by atoms with Gasteiger partial charge in [0.25, 0.3) is 0 Å². The van der Waals surface area contributed by atoms with Gasteiger partial charge >= 0.3 is 0 Å². The van der Waals surface area contributed by atoms with E-state index < -0.39 is 0 Å². The highest BCUT2D eigenvalue weighted by atomic mass is 79.9. The molecule has 2 aromatic rings. The third kappa shape index (κ3) is 3.80. The molecule has 0 amide bonds. The van der Waals surface area contributed by atoms with Crippen LogP contribution in [0.1, 0.15) is 24.0 Å². The van der Waals surface area contributed by atoms with Crippen LogP contribution in [-0.2, 0) is 6.54 Å². The number of aromatic nitrogens is 1. The van der Waals surface area contributed by atoms with E-state index in [-0.39, 0.29) is 5.82 Å². The maximum Gasteiger partial charge on any atom is 0.222 e. The van der Waals surface area contributed by atoms with E-state index in [1.807, 2.05) is 13.0 Å². The molecule has 21 heavy (non-hydrogen) atoms. The Labute approximate surface area is 131 Å². The molecular weight excluding hydrogens is 335 g/mol. The van der Waals surface area contributed by atoms with Gasteiger partial charge in [0.05, 0.1) is 4.47 Å². The van der Waals surface area contributed by atoms with Gasteiger partial charge in [-0.25, -0.2) is 9.37 Å². The lowest BCUT2D eigenvalue weighted by Crippen LogP contribution is -2.15. The van der Waals surface area contributed by atoms with Crippen LogP contribution in [0.2, 0.25) is 0 Å². The number of hydrogen-bond acceptors (Lipinski definition) is 3. The van der Waals surface area contributed by atoms with Crippen molar-refractivity contribution in [2.75, 3.05) is 0 Å². The second-order valence-electron chi connectivity index (χ2n) is 5.30. The average molecular weight is 351 g/mol. The average Bonchev–Trinajstić information content (AvgIpc) is 3.27. The van der Waals surface area contributed by atoms with Gasteiger partial charge in [-0.2, -0.15) is 0 Å². The molecule has 1 aromatic heterocycles. The first kappa shape index (κ1) is 14.5. The van der Waals surface area contributed by atoms with Gasteiger partial charge in [-0.15, -0.1) is 0 Å². The lowest BCUT2D eigenvalue weighted by molar-refractivity contribution is 0.453. The van der Waals surface area contributed by atoms with Gasteiger partial charge in [-0.3, -0.25) is 0 Å². The van der Waals surface area contributed by atoms with Crippen LogP contribution in [0.4, 0.5) is 4.39 Å². The highest BCUT2D eigenvalue weighted by Crippen LogP contribution is 2.27. The minimum atomic E-state index is -0.351. The SMILES string of the molecule is Cc1cc(CNC2CC2)cnc1Oc1ccc(Br)c(F)c1. The van der Waals surface area contributed by atoms with Gasteiger partial charge in [0, 0.05) is 30.4 Å². The molecule has 0 radical (unpaired) electrons. The highest BCUT2D eigenvalue weighted by Gasteiger charge is 2.20. The summed E-state index contributed by atoms with van der Waals surface area (Å²) in [6.45, 7) is 2.77. The van der Waals surface area contributed by atoms with Crippen molar-refractivity contribution in [2.45, 2.75) is 32.4 Å². The van der Waals surface area contributed by atoms with Crippen LogP contribution in [0, 0.1) is 12.7 Å². The molecule has 1 fully saturated rings. The van der Waals surface area contributed by atoms with Crippen LogP contribution in [0.3, 0.4) is 0 Å². The second kappa shape index (κ2) is 6.12. The van der Waals surface area contributed by atoms with E-state index in [0.29, 0.717) is 22.1 Å². The molecule has 3 rings (SSSR count). The summed E-state index contributed by atoms with van der Waals surface area (Å²) in [4.78, 5) is 4.33. The summed E-state index contributed by atoms with van der Waals surface area (Å²) in [7, 11) is 0. The zero-order valence-corrected chi connectivity index (χ0v) is 13.3. The molecule has 1 heterocycles. The zero-order chi connectivity index (χ0) is 14.8. The molecule has 0 bridgehead atoms. The molecule has 1 aliphatic carbocycles. The van der Waals surface area contributed by atoms with Crippen molar-refractivity contribution >= 4 is 15.9 Å². The van der Waals surface area contributed by atoms with Crippen molar-refractivity contribution in [3.63, 3.8) is 0 Å². The quantitative estimate of drug-likeness (QED) is 0.870. The number of aryl methyl sites for hydroxylation is 1. The van der Waals surface area contributed by atoms with E-state index >= 15 is 0 Å². The van der Waals surface area contributed by atoms with E-state index in [1.54, 1.807) is 18.3 Å². The molecule has 1 saturated carbocycles. The fraction of sp³-hybridized carbons (Fsp3) is 0.312. The molecule has 110 valence electrons. The third-order valence-electron chi connectivity index (χ3n) is 3.36. The molecule has 0 spiro atoms. The minimum Gasteiger partial charge on any atom is -0.439 e. The molecular formula is C16H16BrFN2O. The molecule has 5 heteroatoms. The van der Waals surface area contributed by atoms with Crippen molar-refractivity contribution in [1.29, 1.82) is 0 Å². The van der Waals surface area contributed by atoms with Gasteiger partial charge in [0.2, 0.25) is 5.88 Å². The predicted molar refractivity (Wildman–Crippen MR) is 83.0 cm³/mol. The smallest absolute Gasteiger partial charge is 0.222 e. The maximum absolute atomic E-state index is 13.5. The largest absolute Gasteiger partial charge is 0.439 e. The second-order valence-corrected chi connectivity index (χ2v) is 6.15. The zero-order valence-electron chi connectivity index (χ0n) is 11.7.